The van der Waals surface area contributed by atoms with E-state index in [1.165, 1.54) is 23.1 Å². The van der Waals surface area contributed by atoms with Crippen LogP contribution in [0.25, 0.3) is 0 Å². The SMILES string of the molecule is CNc1nnc(SCC(=O)Nc2ccccc2I)s1. The fourth-order valence-electron chi connectivity index (χ4n) is 1.25. The molecule has 1 aromatic heterocycles. The molecule has 0 bridgehead atoms. The molecule has 0 aliphatic rings. The van der Waals surface area contributed by atoms with Crippen LogP contribution in [0.15, 0.2) is 28.6 Å². The van der Waals surface area contributed by atoms with Gasteiger partial charge in [0.25, 0.3) is 0 Å². The molecule has 0 aliphatic heterocycles. The van der Waals surface area contributed by atoms with Crippen LogP contribution in [0.3, 0.4) is 0 Å². The number of halogens is 1. The Bertz CT molecular complexity index is 575. The van der Waals surface area contributed by atoms with Gasteiger partial charge in [0.05, 0.1) is 11.4 Å². The van der Waals surface area contributed by atoms with Crippen LogP contribution in [0.4, 0.5) is 10.8 Å². The molecule has 1 heterocycles. The van der Waals surface area contributed by atoms with Gasteiger partial charge in [0.15, 0.2) is 4.34 Å². The lowest BCUT2D eigenvalue weighted by atomic mass is 10.3. The first-order valence-corrected chi connectivity index (χ1v) is 8.25. The number of amides is 1. The summed E-state index contributed by atoms with van der Waals surface area (Å²) in [5.41, 5.74) is 0.835. The van der Waals surface area contributed by atoms with Gasteiger partial charge < -0.3 is 10.6 Å². The summed E-state index contributed by atoms with van der Waals surface area (Å²) in [7, 11) is 1.79. The summed E-state index contributed by atoms with van der Waals surface area (Å²) in [4.78, 5) is 11.8. The first-order chi connectivity index (χ1) is 9.19. The topological polar surface area (TPSA) is 66.9 Å². The van der Waals surface area contributed by atoms with Crippen molar-refractivity contribution in [1.82, 2.24) is 10.2 Å². The average molecular weight is 406 g/mol. The molecule has 0 saturated carbocycles. The maximum Gasteiger partial charge on any atom is 0.234 e. The van der Waals surface area contributed by atoms with E-state index in [0.717, 1.165) is 18.7 Å². The molecule has 1 amide bonds. The van der Waals surface area contributed by atoms with Crippen molar-refractivity contribution >= 4 is 62.4 Å². The molecular weight excluding hydrogens is 395 g/mol. The number of carbonyl (C=O) groups excluding carboxylic acids is 1. The monoisotopic (exact) mass is 406 g/mol. The van der Waals surface area contributed by atoms with Crippen molar-refractivity contribution < 1.29 is 4.79 Å². The Morgan fingerprint density at radius 2 is 2.21 bits per heavy atom. The summed E-state index contributed by atoms with van der Waals surface area (Å²) in [5.74, 6) is 0.277. The maximum atomic E-state index is 11.8. The Balaban J connectivity index is 1.86. The molecule has 0 spiro atoms. The zero-order chi connectivity index (χ0) is 13.7. The van der Waals surface area contributed by atoms with Crippen molar-refractivity contribution in [3.05, 3.63) is 27.8 Å². The predicted molar refractivity (Wildman–Crippen MR) is 88.0 cm³/mol. The lowest BCUT2D eigenvalue weighted by Gasteiger charge is -2.05. The van der Waals surface area contributed by atoms with E-state index in [-0.39, 0.29) is 5.91 Å². The van der Waals surface area contributed by atoms with E-state index in [0.29, 0.717) is 5.75 Å². The summed E-state index contributed by atoms with van der Waals surface area (Å²) in [6.45, 7) is 0. The first kappa shape index (κ1) is 14.5. The third-order valence-corrected chi connectivity index (χ3v) is 5.11. The molecule has 19 heavy (non-hydrogen) atoms. The van der Waals surface area contributed by atoms with Crippen molar-refractivity contribution in [2.24, 2.45) is 0 Å². The maximum absolute atomic E-state index is 11.8. The second kappa shape index (κ2) is 7.06. The number of thioether (sulfide) groups is 1. The summed E-state index contributed by atoms with van der Waals surface area (Å²) in [6, 6.07) is 7.67. The van der Waals surface area contributed by atoms with Crippen LogP contribution in [0, 0.1) is 3.57 Å². The molecule has 0 radical (unpaired) electrons. The largest absolute Gasteiger partial charge is 0.363 e. The Hall–Kier alpha value is -0.870. The minimum atomic E-state index is -0.0460. The van der Waals surface area contributed by atoms with E-state index in [4.69, 9.17) is 0 Å². The zero-order valence-electron chi connectivity index (χ0n) is 10.0. The van der Waals surface area contributed by atoms with Crippen molar-refractivity contribution in [2.45, 2.75) is 4.34 Å². The van der Waals surface area contributed by atoms with Gasteiger partial charge in [-0.1, -0.05) is 35.2 Å². The molecule has 0 atom stereocenters. The van der Waals surface area contributed by atoms with Crippen molar-refractivity contribution in [3.63, 3.8) is 0 Å². The Labute approximate surface area is 132 Å². The zero-order valence-corrected chi connectivity index (χ0v) is 13.8. The smallest absolute Gasteiger partial charge is 0.234 e. The van der Waals surface area contributed by atoms with Gasteiger partial charge in [-0.05, 0) is 34.7 Å². The van der Waals surface area contributed by atoms with Gasteiger partial charge in [-0.25, -0.2) is 0 Å². The number of hydrogen-bond acceptors (Lipinski definition) is 6. The third-order valence-electron chi connectivity index (χ3n) is 2.10. The van der Waals surface area contributed by atoms with Gasteiger partial charge >= 0.3 is 0 Å². The molecule has 0 aliphatic carbocycles. The number of rotatable bonds is 5. The highest BCUT2D eigenvalue weighted by molar-refractivity contribution is 14.1. The highest BCUT2D eigenvalue weighted by atomic mass is 127. The lowest BCUT2D eigenvalue weighted by Crippen LogP contribution is -2.14. The predicted octanol–water partition coefficient (Wildman–Crippen LogP) is 2.92. The van der Waals surface area contributed by atoms with Gasteiger partial charge in [0.1, 0.15) is 0 Å². The number of carbonyl (C=O) groups is 1. The number of benzene rings is 1. The summed E-state index contributed by atoms with van der Waals surface area (Å²) >= 11 is 5.00. The van der Waals surface area contributed by atoms with Gasteiger partial charge in [-0.3, -0.25) is 4.79 Å². The van der Waals surface area contributed by atoms with Crippen LogP contribution in [-0.4, -0.2) is 28.9 Å². The number of nitrogens with zero attached hydrogens (tertiary/aromatic N) is 2. The van der Waals surface area contributed by atoms with Crippen molar-refractivity contribution in [2.75, 3.05) is 23.4 Å². The second-order valence-electron chi connectivity index (χ2n) is 3.44. The van der Waals surface area contributed by atoms with Gasteiger partial charge in [-0.2, -0.15) is 0 Å². The Morgan fingerprint density at radius 1 is 1.42 bits per heavy atom. The molecule has 0 unspecified atom stereocenters. The van der Waals surface area contributed by atoms with Crippen LogP contribution in [-0.2, 0) is 4.79 Å². The van der Waals surface area contributed by atoms with Crippen LogP contribution in [0.5, 0.6) is 0 Å². The normalized spacial score (nSPS) is 10.2. The fourth-order valence-corrected chi connectivity index (χ4v) is 3.27. The molecule has 8 heteroatoms. The summed E-state index contributed by atoms with van der Waals surface area (Å²) in [5, 5.41) is 14.4. The quantitative estimate of drug-likeness (QED) is 0.591. The van der Waals surface area contributed by atoms with Gasteiger partial charge in [-0.15, -0.1) is 10.2 Å². The molecule has 5 nitrogen and oxygen atoms in total. The van der Waals surface area contributed by atoms with Crippen LogP contribution < -0.4 is 10.6 Å². The minimum absolute atomic E-state index is 0.0460. The van der Waals surface area contributed by atoms with Gasteiger partial charge in [0, 0.05) is 10.6 Å². The number of aromatic nitrogens is 2. The third kappa shape index (κ3) is 4.32. The van der Waals surface area contributed by atoms with Crippen LogP contribution >= 0.6 is 45.7 Å². The number of anilines is 2. The minimum Gasteiger partial charge on any atom is -0.363 e. The van der Waals surface area contributed by atoms with E-state index in [2.05, 4.69) is 43.4 Å². The highest BCUT2D eigenvalue weighted by Gasteiger charge is 2.08. The number of hydrogen-bond donors (Lipinski definition) is 2. The number of para-hydroxylation sites is 1. The van der Waals surface area contributed by atoms with Crippen LogP contribution in [0.1, 0.15) is 0 Å². The van der Waals surface area contributed by atoms with E-state index in [1.807, 2.05) is 24.3 Å². The molecule has 2 rings (SSSR count). The standard InChI is InChI=1S/C11H11IN4OS2/c1-13-10-15-16-11(19-10)18-6-9(17)14-8-5-3-2-4-7(8)12/h2-5H,6H2,1H3,(H,13,15)(H,14,17). The molecule has 0 saturated heterocycles. The second-order valence-corrected chi connectivity index (χ2v) is 6.80. The summed E-state index contributed by atoms with van der Waals surface area (Å²) < 4.78 is 1.80. The van der Waals surface area contributed by atoms with Crippen molar-refractivity contribution in [3.8, 4) is 0 Å². The van der Waals surface area contributed by atoms with E-state index >= 15 is 0 Å². The molecule has 2 N–H and O–H groups in total. The summed E-state index contributed by atoms with van der Waals surface area (Å²) in [6.07, 6.45) is 0. The van der Waals surface area contributed by atoms with Crippen molar-refractivity contribution in [1.29, 1.82) is 0 Å². The number of nitrogens with one attached hydrogen (secondary N) is 2. The van der Waals surface area contributed by atoms with Crippen LogP contribution in [0.2, 0.25) is 0 Å². The lowest BCUT2D eigenvalue weighted by molar-refractivity contribution is -0.113. The first-order valence-electron chi connectivity index (χ1n) is 5.37. The Morgan fingerprint density at radius 3 is 2.89 bits per heavy atom. The fraction of sp³-hybridized carbons (Fsp3) is 0.182. The molecule has 100 valence electrons. The van der Waals surface area contributed by atoms with E-state index in [9.17, 15) is 4.79 Å². The van der Waals surface area contributed by atoms with Gasteiger partial charge in [0.2, 0.25) is 11.0 Å². The van der Waals surface area contributed by atoms with E-state index < -0.39 is 0 Å². The Kier molecular flexibility index (Phi) is 5.40. The average Bonchev–Trinajstić information content (AvgIpc) is 2.87. The highest BCUT2D eigenvalue weighted by Crippen LogP contribution is 2.25. The molecule has 1 aromatic carbocycles. The van der Waals surface area contributed by atoms with E-state index in [1.54, 1.807) is 7.05 Å². The molecule has 2 aromatic rings. The molecular formula is C11H11IN4OS2. The molecule has 0 fully saturated rings.